The molecule has 1 amide bonds. The molecule has 0 bridgehead atoms. The van der Waals surface area contributed by atoms with Crippen molar-refractivity contribution in [1.82, 2.24) is 14.9 Å². The fourth-order valence-electron chi connectivity index (χ4n) is 3.16. The quantitative estimate of drug-likeness (QED) is 0.787. The molecule has 4 rings (SSSR count). The maximum absolute atomic E-state index is 13.0. The number of carbonyl (C=O) groups excluding carboxylic acids is 1. The minimum atomic E-state index is -0.313. The highest BCUT2D eigenvalue weighted by atomic mass is 19.1. The molecule has 3 aromatic rings. The first kappa shape index (κ1) is 14.6. The smallest absolute Gasteiger partial charge is 0.258 e. The molecule has 5 nitrogen and oxygen atoms in total. The molecule has 6 heteroatoms. The number of hydrogen-bond donors (Lipinski definition) is 1. The second-order valence-electron chi connectivity index (χ2n) is 5.87. The predicted octanol–water partition coefficient (Wildman–Crippen LogP) is 2.94. The van der Waals surface area contributed by atoms with Crippen LogP contribution in [-0.2, 0) is 13.1 Å². The van der Waals surface area contributed by atoms with E-state index in [4.69, 9.17) is 0 Å². The van der Waals surface area contributed by atoms with Gasteiger partial charge < -0.3 is 10.0 Å². The molecule has 0 fully saturated rings. The molecule has 24 heavy (non-hydrogen) atoms. The van der Waals surface area contributed by atoms with Crippen molar-refractivity contribution in [1.29, 1.82) is 0 Å². The van der Waals surface area contributed by atoms with Gasteiger partial charge in [-0.25, -0.2) is 9.37 Å². The molecular formula is C18H14FN3O2. The summed E-state index contributed by atoms with van der Waals surface area (Å²) in [4.78, 5) is 22.8. The third-order valence-electron chi connectivity index (χ3n) is 4.41. The van der Waals surface area contributed by atoms with E-state index in [2.05, 4.69) is 9.97 Å². The lowest BCUT2D eigenvalue weighted by molar-refractivity contribution is 0.0764. The minimum absolute atomic E-state index is 0.120. The molecular weight excluding hydrogens is 309 g/mol. The highest BCUT2D eigenvalue weighted by molar-refractivity contribution is 6.06. The van der Waals surface area contributed by atoms with Gasteiger partial charge in [0, 0.05) is 25.5 Å². The van der Waals surface area contributed by atoms with Gasteiger partial charge in [-0.15, -0.1) is 0 Å². The van der Waals surface area contributed by atoms with E-state index >= 15 is 0 Å². The lowest BCUT2D eigenvalue weighted by Crippen LogP contribution is -2.23. The van der Waals surface area contributed by atoms with Crippen LogP contribution in [0.5, 0.6) is 5.75 Å². The first-order valence-corrected chi connectivity index (χ1v) is 7.55. The van der Waals surface area contributed by atoms with Crippen molar-refractivity contribution in [3.05, 3.63) is 64.7 Å². The molecule has 0 radical (unpaired) electrons. The number of fused-ring (bicyclic) bond motifs is 2. The fraction of sp³-hybridized carbons (Fsp3) is 0.167. The van der Waals surface area contributed by atoms with Crippen molar-refractivity contribution in [2.24, 2.45) is 0 Å². The number of amides is 1. The summed E-state index contributed by atoms with van der Waals surface area (Å²) >= 11 is 0. The van der Waals surface area contributed by atoms with Crippen LogP contribution < -0.4 is 0 Å². The van der Waals surface area contributed by atoms with Gasteiger partial charge in [0.1, 0.15) is 11.3 Å². The van der Waals surface area contributed by atoms with Gasteiger partial charge in [-0.3, -0.25) is 9.78 Å². The zero-order valence-corrected chi connectivity index (χ0v) is 13.0. The van der Waals surface area contributed by atoms with Gasteiger partial charge in [0.15, 0.2) is 5.75 Å². The number of aromatic nitrogens is 2. The van der Waals surface area contributed by atoms with E-state index in [0.717, 1.165) is 16.7 Å². The van der Waals surface area contributed by atoms with Gasteiger partial charge in [0.2, 0.25) is 0 Å². The van der Waals surface area contributed by atoms with Crippen molar-refractivity contribution in [2.45, 2.75) is 20.0 Å². The number of benzene rings is 2. The second kappa shape index (κ2) is 5.26. The molecule has 2 heterocycles. The molecule has 1 aromatic heterocycles. The van der Waals surface area contributed by atoms with Gasteiger partial charge in [-0.05, 0) is 35.7 Å². The number of rotatable bonds is 2. The molecule has 0 atom stereocenters. The number of aryl methyl sites for hydroxylation is 1. The Morgan fingerprint density at radius 2 is 1.83 bits per heavy atom. The van der Waals surface area contributed by atoms with E-state index in [-0.39, 0.29) is 17.5 Å². The molecule has 1 aliphatic heterocycles. The molecule has 0 saturated carbocycles. The van der Waals surface area contributed by atoms with Gasteiger partial charge in [0.25, 0.3) is 5.91 Å². The summed E-state index contributed by atoms with van der Waals surface area (Å²) in [6, 6.07) is 6.04. The molecule has 1 N–H and O–H groups in total. The predicted molar refractivity (Wildman–Crippen MR) is 85.9 cm³/mol. The van der Waals surface area contributed by atoms with Crippen molar-refractivity contribution in [3.63, 3.8) is 0 Å². The summed E-state index contributed by atoms with van der Waals surface area (Å²) in [7, 11) is 0. The van der Waals surface area contributed by atoms with Gasteiger partial charge >= 0.3 is 0 Å². The monoisotopic (exact) mass is 323 g/mol. The van der Waals surface area contributed by atoms with Crippen LogP contribution in [0.25, 0.3) is 11.0 Å². The Labute approximate surface area is 137 Å². The standard InChI is InChI=1S/C18H14FN3O2/c1-10-13-9-22(8-11-2-4-12(19)5-3-11)18(24)14(13)17(23)16-15(10)20-6-7-21-16/h2-7,23H,8-9H2,1H3. The maximum atomic E-state index is 13.0. The molecule has 0 unspecified atom stereocenters. The number of aromatic hydroxyl groups is 1. The molecule has 2 aromatic carbocycles. The lowest BCUT2D eigenvalue weighted by Gasteiger charge is -2.15. The van der Waals surface area contributed by atoms with Crippen LogP contribution in [-0.4, -0.2) is 25.9 Å². The van der Waals surface area contributed by atoms with Crippen LogP contribution in [0.3, 0.4) is 0 Å². The van der Waals surface area contributed by atoms with Crippen LogP contribution in [0.4, 0.5) is 4.39 Å². The second-order valence-corrected chi connectivity index (χ2v) is 5.87. The molecule has 1 aliphatic rings. The van der Waals surface area contributed by atoms with E-state index < -0.39 is 0 Å². The van der Waals surface area contributed by atoms with Gasteiger partial charge in [-0.2, -0.15) is 0 Å². The van der Waals surface area contributed by atoms with Crippen LogP contribution in [0, 0.1) is 12.7 Å². The zero-order valence-electron chi connectivity index (χ0n) is 13.0. The average molecular weight is 323 g/mol. The topological polar surface area (TPSA) is 66.3 Å². The first-order chi connectivity index (χ1) is 11.6. The summed E-state index contributed by atoms with van der Waals surface area (Å²) in [5.74, 6) is -0.681. The van der Waals surface area contributed by atoms with E-state index in [1.807, 2.05) is 6.92 Å². The fourth-order valence-corrected chi connectivity index (χ4v) is 3.16. The molecule has 120 valence electrons. The van der Waals surface area contributed by atoms with E-state index in [1.165, 1.54) is 18.3 Å². The number of hydrogen-bond acceptors (Lipinski definition) is 4. The van der Waals surface area contributed by atoms with Gasteiger partial charge in [0.05, 0.1) is 11.1 Å². The van der Waals surface area contributed by atoms with E-state index in [9.17, 15) is 14.3 Å². The van der Waals surface area contributed by atoms with Crippen molar-refractivity contribution in [2.75, 3.05) is 0 Å². The average Bonchev–Trinajstić information content (AvgIpc) is 2.92. The largest absolute Gasteiger partial charge is 0.505 e. The third kappa shape index (κ3) is 2.11. The van der Waals surface area contributed by atoms with E-state index in [0.29, 0.717) is 29.7 Å². The normalized spacial score (nSPS) is 13.6. The van der Waals surface area contributed by atoms with Crippen molar-refractivity contribution in [3.8, 4) is 5.75 Å². The summed E-state index contributed by atoms with van der Waals surface area (Å²) in [6.07, 6.45) is 3.05. The third-order valence-corrected chi connectivity index (χ3v) is 4.41. The van der Waals surface area contributed by atoms with Crippen LogP contribution in [0.1, 0.15) is 27.0 Å². The maximum Gasteiger partial charge on any atom is 0.258 e. The Morgan fingerprint density at radius 3 is 2.54 bits per heavy atom. The van der Waals surface area contributed by atoms with Crippen LogP contribution >= 0.6 is 0 Å². The Balaban J connectivity index is 1.77. The summed E-state index contributed by atoms with van der Waals surface area (Å²) < 4.78 is 13.0. The van der Waals surface area contributed by atoms with Crippen molar-refractivity contribution < 1.29 is 14.3 Å². The molecule has 0 spiro atoms. The van der Waals surface area contributed by atoms with Crippen LogP contribution in [0.2, 0.25) is 0 Å². The number of phenols is 1. The molecule has 0 saturated heterocycles. The van der Waals surface area contributed by atoms with E-state index in [1.54, 1.807) is 23.2 Å². The summed E-state index contributed by atoms with van der Waals surface area (Å²) in [6.45, 7) is 2.62. The summed E-state index contributed by atoms with van der Waals surface area (Å²) in [5.41, 5.74) is 3.68. The lowest BCUT2D eigenvalue weighted by atomic mass is 10.0. The zero-order chi connectivity index (χ0) is 16.8. The highest BCUT2D eigenvalue weighted by Crippen LogP contribution is 2.38. The van der Waals surface area contributed by atoms with Crippen LogP contribution in [0.15, 0.2) is 36.7 Å². The first-order valence-electron chi connectivity index (χ1n) is 7.55. The Morgan fingerprint density at radius 1 is 1.17 bits per heavy atom. The number of carbonyl (C=O) groups is 1. The Hall–Kier alpha value is -3.02. The highest BCUT2D eigenvalue weighted by Gasteiger charge is 2.34. The number of phenolic OH excluding ortho intramolecular Hbond substituents is 1. The minimum Gasteiger partial charge on any atom is -0.505 e. The molecule has 0 aliphatic carbocycles. The van der Waals surface area contributed by atoms with Crippen molar-refractivity contribution >= 4 is 16.9 Å². The Kier molecular flexibility index (Phi) is 3.19. The number of nitrogens with zero attached hydrogens (tertiary/aromatic N) is 3. The SMILES string of the molecule is Cc1c2c(c(O)c3nccnc13)C(=O)N(Cc1ccc(F)cc1)C2. The van der Waals surface area contributed by atoms with Gasteiger partial charge in [-0.1, -0.05) is 12.1 Å². The number of halogens is 1. The summed E-state index contributed by atoms with van der Waals surface area (Å²) in [5, 5.41) is 10.5. The Bertz CT molecular complexity index is 970.